The average Bonchev–Trinajstić information content (AvgIpc) is 3.54. The molecule has 0 saturated carbocycles. The molecule has 6 rings (SSSR count). The molecule has 0 atom stereocenters. The summed E-state index contributed by atoms with van der Waals surface area (Å²) in [6, 6.07) is 21.5. The molecule has 0 saturated heterocycles. The van der Waals surface area contributed by atoms with E-state index in [4.69, 9.17) is 9.97 Å². The summed E-state index contributed by atoms with van der Waals surface area (Å²) in [4.78, 5) is 16.3. The fourth-order valence-corrected chi connectivity index (χ4v) is 3.90. The van der Waals surface area contributed by atoms with E-state index < -0.39 is 0 Å². The Morgan fingerprint density at radius 3 is 1.59 bits per heavy atom. The Kier molecular flexibility index (Phi) is 7.52. The van der Waals surface area contributed by atoms with Crippen molar-refractivity contribution in [1.82, 2.24) is 19.9 Å². The van der Waals surface area contributed by atoms with Crippen molar-refractivity contribution < 1.29 is 5.11 Å². The van der Waals surface area contributed by atoms with Gasteiger partial charge in [-0.25, -0.2) is 9.97 Å². The number of rotatable bonds is 1. The van der Waals surface area contributed by atoms with Gasteiger partial charge in [0, 0.05) is 27.6 Å². The first-order chi connectivity index (χ1) is 15.2. The largest absolute Gasteiger partial charge is 0.508 e. The molecular weight excluding hydrogens is 491 g/mol. The van der Waals surface area contributed by atoms with E-state index in [1.54, 1.807) is 12.1 Å². The van der Waals surface area contributed by atoms with E-state index >= 15 is 0 Å². The zero-order valence-electron chi connectivity index (χ0n) is 17.7. The van der Waals surface area contributed by atoms with Crippen molar-refractivity contribution in [1.29, 1.82) is 0 Å². The van der Waals surface area contributed by atoms with Crippen LogP contribution < -0.4 is 0 Å². The van der Waals surface area contributed by atoms with Gasteiger partial charge in [-0.15, -0.1) is 37.2 Å². The van der Waals surface area contributed by atoms with Gasteiger partial charge in [-0.3, -0.25) is 0 Å². The Bertz CT molecular complexity index is 1550. The second-order valence-electron chi connectivity index (χ2n) is 7.64. The lowest BCUT2D eigenvalue weighted by molar-refractivity contribution is 0.475. The Morgan fingerprint density at radius 2 is 1.03 bits per heavy atom. The topological polar surface area (TPSA) is 77.6 Å². The molecule has 8 heteroatoms. The average molecular weight is 512 g/mol. The van der Waals surface area contributed by atoms with Gasteiger partial charge in [0.1, 0.15) is 5.75 Å². The molecule has 0 radical (unpaired) electrons. The van der Waals surface area contributed by atoms with Crippen molar-refractivity contribution in [3.05, 3.63) is 89.5 Å². The molecule has 0 amide bonds. The van der Waals surface area contributed by atoms with Crippen LogP contribution in [0.2, 0.25) is 0 Å². The van der Waals surface area contributed by atoms with Gasteiger partial charge in [0.25, 0.3) is 0 Å². The number of halogens is 3. The van der Waals surface area contributed by atoms with Crippen LogP contribution in [0.25, 0.3) is 57.5 Å². The standard InChI is InChI=1S/C26H18N4O.3ClH/c31-24-9-1-16(2-10-24)25-14-23-13-21-6-5-19(28-21)11-17-3-4-18(27-17)12-20-7-8-22(29-20)15-26(25)30-23;;;/h1-15,27,30-31H;3*1H. The lowest BCUT2D eigenvalue weighted by Gasteiger charge is -1.99. The summed E-state index contributed by atoms with van der Waals surface area (Å²) >= 11 is 0. The summed E-state index contributed by atoms with van der Waals surface area (Å²) < 4.78 is 0. The fourth-order valence-electron chi connectivity index (χ4n) is 3.90. The third kappa shape index (κ3) is 5.02. The second kappa shape index (κ2) is 10.2. The third-order valence-corrected chi connectivity index (χ3v) is 5.35. The summed E-state index contributed by atoms with van der Waals surface area (Å²) in [7, 11) is 0. The van der Waals surface area contributed by atoms with E-state index in [2.05, 4.69) is 16.0 Å². The van der Waals surface area contributed by atoms with Crippen molar-refractivity contribution in [2.75, 3.05) is 0 Å². The van der Waals surface area contributed by atoms with Crippen molar-refractivity contribution in [2.45, 2.75) is 0 Å². The highest BCUT2D eigenvalue weighted by Gasteiger charge is 2.07. The van der Waals surface area contributed by atoms with E-state index in [1.165, 1.54) is 0 Å². The minimum absolute atomic E-state index is 0. The van der Waals surface area contributed by atoms with Crippen LogP contribution in [0.4, 0.5) is 0 Å². The molecule has 3 N–H and O–H groups in total. The maximum absolute atomic E-state index is 9.68. The molecule has 2 aliphatic rings. The van der Waals surface area contributed by atoms with E-state index in [9.17, 15) is 5.11 Å². The number of aromatic nitrogens is 4. The molecule has 0 fully saturated rings. The number of phenolic OH excluding ortho intramolecular Hbond substituents is 1. The van der Waals surface area contributed by atoms with Crippen molar-refractivity contribution in [2.24, 2.45) is 0 Å². The molecule has 8 bridgehead atoms. The van der Waals surface area contributed by atoms with Crippen LogP contribution in [-0.2, 0) is 0 Å². The number of hydrogen-bond acceptors (Lipinski definition) is 3. The van der Waals surface area contributed by atoms with Crippen LogP contribution in [0.5, 0.6) is 5.75 Å². The first-order valence-electron chi connectivity index (χ1n) is 10.1. The smallest absolute Gasteiger partial charge is 0.115 e. The molecule has 5 heterocycles. The quantitative estimate of drug-likeness (QED) is 0.217. The Hall–Kier alpha value is -3.51. The van der Waals surface area contributed by atoms with E-state index in [-0.39, 0.29) is 43.0 Å². The molecule has 34 heavy (non-hydrogen) atoms. The molecule has 4 aromatic rings. The van der Waals surface area contributed by atoms with Crippen LogP contribution in [0.15, 0.2) is 66.7 Å². The van der Waals surface area contributed by atoms with Gasteiger partial charge in [-0.2, -0.15) is 0 Å². The number of aromatic hydroxyl groups is 1. The molecule has 0 unspecified atom stereocenters. The van der Waals surface area contributed by atoms with Gasteiger partial charge in [-0.05, 0) is 84.5 Å². The first kappa shape index (κ1) is 25.1. The summed E-state index contributed by atoms with van der Waals surface area (Å²) in [5.74, 6) is 0.247. The van der Waals surface area contributed by atoms with Gasteiger partial charge in [0.05, 0.1) is 22.8 Å². The Labute approximate surface area is 214 Å². The van der Waals surface area contributed by atoms with Crippen molar-refractivity contribution >= 4 is 83.6 Å². The van der Waals surface area contributed by atoms with Gasteiger partial charge in [-0.1, -0.05) is 12.1 Å². The Morgan fingerprint density at radius 1 is 0.529 bits per heavy atom. The number of fused-ring (bicyclic) bond motifs is 8. The van der Waals surface area contributed by atoms with E-state index in [0.29, 0.717) is 0 Å². The number of nitrogens with zero attached hydrogens (tertiary/aromatic N) is 2. The highest BCUT2D eigenvalue weighted by molar-refractivity contribution is 5.88. The number of phenols is 1. The predicted octanol–water partition coefficient (Wildman–Crippen LogP) is 7.29. The maximum atomic E-state index is 9.68. The fraction of sp³-hybridized carbons (Fsp3) is 0. The number of hydrogen-bond donors (Lipinski definition) is 3. The van der Waals surface area contributed by atoms with Crippen LogP contribution >= 0.6 is 37.2 Å². The summed E-state index contributed by atoms with van der Waals surface area (Å²) in [6.07, 6.45) is 8.04. The van der Waals surface area contributed by atoms with Gasteiger partial charge < -0.3 is 15.1 Å². The van der Waals surface area contributed by atoms with Crippen LogP contribution in [-0.4, -0.2) is 25.0 Å². The summed E-state index contributed by atoms with van der Waals surface area (Å²) in [6.45, 7) is 0. The minimum atomic E-state index is 0. The third-order valence-electron chi connectivity index (χ3n) is 5.35. The molecule has 172 valence electrons. The minimum Gasteiger partial charge on any atom is -0.508 e. The van der Waals surface area contributed by atoms with Crippen LogP contribution in [0.3, 0.4) is 0 Å². The summed E-state index contributed by atoms with van der Waals surface area (Å²) in [5, 5.41) is 9.68. The molecule has 0 aliphatic carbocycles. The maximum Gasteiger partial charge on any atom is 0.115 e. The molecule has 2 aliphatic heterocycles. The predicted molar refractivity (Wildman–Crippen MR) is 148 cm³/mol. The van der Waals surface area contributed by atoms with Gasteiger partial charge in [0.2, 0.25) is 0 Å². The van der Waals surface area contributed by atoms with Crippen LogP contribution in [0, 0.1) is 0 Å². The van der Waals surface area contributed by atoms with E-state index in [1.807, 2.05) is 72.8 Å². The molecule has 1 aromatic carbocycles. The molecular formula is C26H21Cl3N4O. The van der Waals surface area contributed by atoms with Crippen molar-refractivity contribution in [3.8, 4) is 16.9 Å². The SMILES string of the molecule is Cl.Cl.Cl.Oc1ccc(-c2cc3cc4nc(cc5ccc(cc6nc(cc2[nH]3)C=C6)[nH]5)C=C4)cc1. The van der Waals surface area contributed by atoms with Gasteiger partial charge in [0.15, 0.2) is 0 Å². The number of benzene rings is 1. The number of aromatic amines is 2. The highest BCUT2D eigenvalue weighted by atomic mass is 35.5. The number of nitrogens with one attached hydrogen (secondary N) is 2. The Balaban J connectivity index is 0.00000108. The van der Waals surface area contributed by atoms with E-state index in [0.717, 1.165) is 56.0 Å². The molecule has 0 spiro atoms. The number of H-pyrrole nitrogens is 2. The van der Waals surface area contributed by atoms with Crippen molar-refractivity contribution in [3.63, 3.8) is 0 Å². The normalized spacial score (nSPS) is 11.3. The first-order valence-corrected chi connectivity index (χ1v) is 10.1. The molecule has 5 nitrogen and oxygen atoms in total. The van der Waals surface area contributed by atoms with Gasteiger partial charge >= 0.3 is 0 Å². The lowest BCUT2D eigenvalue weighted by atomic mass is 10.1. The highest BCUT2D eigenvalue weighted by Crippen LogP contribution is 2.29. The monoisotopic (exact) mass is 510 g/mol. The van der Waals surface area contributed by atoms with Crippen LogP contribution in [0.1, 0.15) is 22.8 Å². The second-order valence-corrected chi connectivity index (χ2v) is 7.64. The lowest BCUT2D eigenvalue weighted by Crippen LogP contribution is -1.77. The zero-order chi connectivity index (χ0) is 20.8. The summed E-state index contributed by atoms with van der Waals surface area (Å²) in [5.41, 5.74) is 9.50. The zero-order valence-corrected chi connectivity index (χ0v) is 20.2. The molecule has 3 aromatic heterocycles.